The molecule has 0 spiro atoms. The van der Waals surface area contributed by atoms with E-state index >= 15 is 0 Å². The second-order valence-electron chi connectivity index (χ2n) is 6.43. The Morgan fingerprint density at radius 3 is 2.53 bits per heavy atom. The molecule has 4 rings (SSSR count). The molecule has 152 valence electrons. The number of anilines is 1. The first-order valence-electron chi connectivity index (χ1n) is 8.83. The van der Waals surface area contributed by atoms with Crippen molar-refractivity contribution in [2.75, 3.05) is 5.32 Å². The normalized spacial score (nSPS) is 11.6. The van der Waals surface area contributed by atoms with Crippen LogP contribution in [-0.2, 0) is 12.7 Å². The Balaban J connectivity index is 1.77. The summed E-state index contributed by atoms with van der Waals surface area (Å²) in [5.41, 5.74) is 5.86. The van der Waals surface area contributed by atoms with E-state index in [0.717, 1.165) is 5.56 Å². The number of benzene rings is 2. The van der Waals surface area contributed by atoms with Crippen LogP contribution in [0.4, 0.5) is 19.0 Å². The van der Waals surface area contributed by atoms with Crippen LogP contribution in [0.15, 0.2) is 60.9 Å². The molecule has 2 heterocycles. The van der Waals surface area contributed by atoms with E-state index < -0.39 is 17.6 Å². The van der Waals surface area contributed by atoms with Crippen molar-refractivity contribution in [2.45, 2.75) is 12.7 Å². The number of amides is 1. The summed E-state index contributed by atoms with van der Waals surface area (Å²) in [6.07, 6.45) is -2.53. The van der Waals surface area contributed by atoms with Gasteiger partial charge in [0.25, 0.3) is 5.95 Å². The highest BCUT2D eigenvalue weighted by atomic mass is 19.4. The lowest BCUT2D eigenvalue weighted by molar-refractivity contribution is -0.137. The number of hydrogen-bond donors (Lipinski definition) is 2. The first-order valence-corrected chi connectivity index (χ1v) is 8.83. The monoisotopic (exact) mass is 412 g/mol. The number of halogens is 3. The van der Waals surface area contributed by atoms with Gasteiger partial charge in [-0.05, 0) is 17.7 Å². The van der Waals surface area contributed by atoms with Crippen molar-refractivity contribution in [3.63, 3.8) is 0 Å². The van der Waals surface area contributed by atoms with Crippen molar-refractivity contribution in [1.82, 2.24) is 19.7 Å². The van der Waals surface area contributed by atoms with Crippen LogP contribution < -0.4 is 11.1 Å². The summed E-state index contributed by atoms with van der Waals surface area (Å²) < 4.78 is 41.6. The minimum Gasteiger partial charge on any atom is -0.366 e. The van der Waals surface area contributed by atoms with Gasteiger partial charge in [-0.2, -0.15) is 27.9 Å². The maximum Gasteiger partial charge on any atom is 0.421 e. The van der Waals surface area contributed by atoms with Gasteiger partial charge in [-0.1, -0.05) is 36.4 Å². The number of hydrogen-bond acceptors (Lipinski definition) is 5. The van der Waals surface area contributed by atoms with Crippen LogP contribution >= 0.6 is 0 Å². The van der Waals surface area contributed by atoms with Crippen molar-refractivity contribution in [1.29, 1.82) is 0 Å². The van der Waals surface area contributed by atoms with Crippen molar-refractivity contribution in [3.05, 3.63) is 77.6 Å². The zero-order valence-electron chi connectivity index (χ0n) is 15.4. The summed E-state index contributed by atoms with van der Waals surface area (Å²) in [5, 5.41) is 7.32. The molecule has 0 fully saturated rings. The number of carbonyl (C=O) groups excluding carboxylic acids is 1. The summed E-state index contributed by atoms with van der Waals surface area (Å²) in [6.45, 7) is 0.145. The quantitative estimate of drug-likeness (QED) is 0.522. The highest BCUT2D eigenvalue weighted by Gasteiger charge is 2.35. The first-order chi connectivity index (χ1) is 14.3. The molecule has 0 aliphatic carbocycles. The summed E-state index contributed by atoms with van der Waals surface area (Å²) in [4.78, 5) is 19.5. The Hall–Kier alpha value is -3.95. The molecule has 10 heteroatoms. The average Bonchev–Trinajstić information content (AvgIpc) is 3.16. The van der Waals surface area contributed by atoms with Gasteiger partial charge in [-0.3, -0.25) is 4.79 Å². The Bertz CT molecular complexity index is 1220. The van der Waals surface area contributed by atoms with Crippen LogP contribution in [0, 0.1) is 0 Å². The van der Waals surface area contributed by atoms with Gasteiger partial charge in [0, 0.05) is 18.1 Å². The predicted molar refractivity (Wildman–Crippen MR) is 104 cm³/mol. The lowest BCUT2D eigenvalue weighted by atomic mass is 10.1. The van der Waals surface area contributed by atoms with E-state index in [1.807, 2.05) is 6.07 Å². The Kier molecular flexibility index (Phi) is 4.82. The molecular formula is C20H15F3N6O. The molecule has 30 heavy (non-hydrogen) atoms. The maximum absolute atomic E-state index is 13.4. The first kappa shape index (κ1) is 19.4. The Labute approximate surface area is 168 Å². The minimum atomic E-state index is -4.64. The van der Waals surface area contributed by atoms with Crippen molar-refractivity contribution < 1.29 is 18.0 Å². The summed E-state index contributed by atoms with van der Waals surface area (Å²) in [5.74, 6) is -1.08. The SMILES string of the molecule is NC(=O)c1cccc2c1cnn2-c1ncc(C(F)(F)F)c(NCc2ccccc2)n1. The topological polar surface area (TPSA) is 98.7 Å². The molecule has 0 aliphatic rings. The van der Waals surface area contributed by atoms with E-state index in [1.165, 1.54) is 16.9 Å². The van der Waals surface area contributed by atoms with Crippen LogP contribution in [0.25, 0.3) is 16.9 Å². The molecule has 2 aromatic carbocycles. The lowest BCUT2D eigenvalue weighted by Crippen LogP contribution is -2.15. The van der Waals surface area contributed by atoms with Gasteiger partial charge in [-0.15, -0.1) is 0 Å². The third-order valence-corrected chi connectivity index (χ3v) is 4.45. The molecular weight excluding hydrogens is 397 g/mol. The van der Waals surface area contributed by atoms with Crippen LogP contribution in [0.1, 0.15) is 21.5 Å². The van der Waals surface area contributed by atoms with Crippen molar-refractivity contribution in [2.24, 2.45) is 5.73 Å². The minimum absolute atomic E-state index is 0.0739. The van der Waals surface area contributed by atoms with Crippen LogP contribution in [-0.4, -0.2) is 25.7 Å². The number of carbonyl (C=O) groups is 1. The fraction of sp³-hybridized carbons (Fsp3) is 0.100. The van der Waals surface area contributed by atoms with Gasteiger partial charge in [0.05, 0.1) is 17.3 Å². The summed E-state index contributed by atoms with van der Waals surface area (Å²) >= 11 is 0. The molecule has 7 nitrogen and oxygen atoms in total. The smallest absolute Gasteiger partial charge is 0.366 e. The van der Waals surface area contributed by atoms with Crippen LogP contribution in [0.2, 0.25) is 0 Å². The van der Waals surface area contributed by atoms with Gasteiger partial charge in [0.15, 0.2) is 0 Å². The largest absolute Gasteiger partial charge is 0.421 e. The molecule has 2 aromatic heterocycles. The number of fused-ring (bicyclic) bond motifs is 1. The molecule has 0 atom stereocenters. The van der Waals surface area contributed by atoms with Crippen LogP contribution in [0.3, 0.4) is 0 Å². The molecule has 0 unspecified atom stereocenters. The number of rotatable bonds is 5. The second-order valence-corrected chi connectivity index (χ2v) is 6.43. The molecule has 0 aliphatic heterocycles. The van der Waals surface area contributed by atoms with Gasteiger partial charge in [0.1, 0.15) is 11.4 Å². The van der Waals surface area contributed by atoms with E-state index in [-0.39, 0.29) is 23.9 Å². The molecule has 0 saturated heterocycles. The zero-order valence-corrected chi connectivity index (χ0v) is 15.4. The van der Waals surface area contributed by atoms with Crippen molar-refractivity contribution >= 4 is 22.6 Å². The second kappa shape index (κ2) is 7.47. The predicted octanol–water partition coefficient (Wildman–Crippen LogP) is 3.55. The van der Waals surface area contributed by atoms with E-state index in [0.29, 0.717) is 17.1 Å². The maximum atomic E-state index is 13.4. The number of nitrogens with two attached hydrogens (primary N) is 1. The van der Waals surface area contributed by atoms with Gasteiger partial charge >= 0.3 is 6.18 Å². The highest BCUT2D eigenvalue weighted by Crippen LogP contribution is 2.34. The molecule has 0 saturated carbocycles. The summed E-state index contributed by atoms with van der Waals surface area (Å²) in [6, 6.07) is 13.8. The zero-order chi connectivity index (χ0) is 21.3. The fourth-order valence-electron chi connectivity index (χ4n) is 3.02. The molecule has 0 bridgehead atoms. The number of primary amides is 1. The van der Waals surface area contributed by atoms with E-state index in [9.17, 15) is 18.0 Å². The number of nitrogens with one attached hydrogen (secondary N) is 1. The van der Waals surface area contributed by atoms with Crippen molar-refractivity contribution in [3.8, 4) is 5.95 Å². The molecule has 3 N–H and O–H groups in total. The highest BCUT2D eigenvalue weighted by molar-refractivity contribution is 6.05. The number of alkyl halides is 3. The van der Waals surface area contributed by atoms with E-state index in [1.54, 1.807) is 36.4 Å². The summed E-state index contributed by atoms with van der Waals surface area (Å²) in [7, 11) is 0. The standard InChI is InChI=1S/C20H15F3N6O/c21-20(22,23)15-11-26-19(28-18(15)25-9-12-5-2-1-3-6-12)29-16-8-4-7-13(17(24)30)14(16)10-27-29/h1-8,10-11H,9H2,(H2,24,30)(H,25,26,28). The number of nitrogens with zero attached hydrogens (tertiary/aromatic N) is 4. The molecule has 4 aromatic rings. The van der Waals surface area contributed by atoms with Gasteiger partial charge in [-0.25, -0.2) is 4.98 Å². The molecule has 1 amide bonds. The average molecular weight is 412 g/mol. The fourth-order valence-corrected chi connectivity index (χ4v) is 3.02. The third kappa shape index (κ3) is 3.66. The van der Waals surface area contributed by atoms with Gasteiger partial charge in [0.2, 0.25) is 5.91 Å². The van der Waals surface area contributed by atoms with E-state index in [2.05, 4.69) is 20.4 Å². The van der Waals surface area contributed by atoms with Crippen LogP contribution in [0.5, 0.6) is 0 Å². The lowest BCUT2D eigenvalue weighted by Gasteiger charge is -2.14. The Morgan fingerprint density at radius 1 is 1.07 bits per heavy atom. The number of aromatic nitrogens is 4. The Morgan fingerprint density at radius 2 is 1.83 bits per heavy atom. The van der Waals surface area contributed by atoms with E-state index in [4.69, 9.17) is 5.73 Å². The molecule has 0 radical (unpaired) electrons. The third-order valence-electron chi connectivity index (χ3n) is 4.45. The van der Waals surface area contributed by atoms with Gasteiger partial charge < -0.3 is 11.1 Å².